The van der Waals surface area contributed by atoms with Gasteiger partial charge in [-0.25, -0.2) is 0 Å². The predicted octanol–water partition coefficient (Wildman–Crippen LogP) is 5.66. The van der Waals surface area contributed by atoms with E-state index in [2.05, 4.69) is 24.8 Å². The van der Waals surface area contributed by atoms with Crippen molar-refractivity contribution in [1.82, 2.24) is 0 Å². The van der Waals surface area contributed by atoms with Gasteiger partial charge < -0.3 is 9.47 Å². The summed E-state index contributed by atoms with van der Waals surface area (Å²) in [5.41, 5.74) is 3.73. The Balaban J connectivity index is 2.09. The summed E-state index contributed by atoms with van der Waals surface area (Å²) in [5, 5.41) is 0. The van der Waals surface area contributed by atoms with Crippen LogP contribution in [0.2, 0.25) is 0 Å². The third kappa shape index (κ3) is 4.30. The first-order valence-corrected chi connectivity index (χ1v) is 9.28. The summed E-state index contributed by atoms with van der Waals surface area (Å²) in [4.78, 5) is 11.9. The van der Waals surface area contributed by atoms with Crippen molar-refractivity contribution in [2.45, 2.75) is 45.3 Å². The standard InChI is InChI=1S/C24H26O3/c1-5-24(3,4)27-22-16-9-8-14-21(22)23(26-17(2)25)20-15-10-12-18-11-6-7-13-19(18)20/h5-9,11,13-16,23H,1,10,12H2,2-4H3. The van der Waals surface area contributed by atoms with Crippen molar-refractivity contribution in [1.29, 1.82) is 0 Å². The summed E-state index contributed by atoms with van der Waals surface area (Å²) < 4.78 is 12.0. The number of rotatable bonds is 6. The van der Waals surface area contributed by atoms with Crippen LogP contribution in [0.1, 0.15) is 50.0 Å². The Morgan fingerprint density at radius 3 is 2.59 bits per heavy atom. The summed E-state index contributed by atoms with van der Waals surface area (Å²) in [5.74, 6) is 0.374. The van der Waals surface area contributed by atoms with Crippen LogP contribution in [0, 0.1) is 0 Å². The number of carbonyl (C=O) groups excluding carboxylic acids is 1. The topological polar surface area (TPSA) is 35.5 Å². The Labute approximate surface area is 161 Å². The Bertz CT molecular complexity index is 877. The molecule has 0 amide bonds. The zero-order valence-corrected chi connectivity index (χ0v) is 16.2. The van der Waals surface area contributed by atoms with Gasteiger partial charge in [-0.15, -0.1) is 0 Å². The van der Waals surface area contributed by atoms with Crippen LogP contribution in [0.4, 0.5) is 0 Å². The van der Waals surface area contributed by atoms with Gasteiger partial charge in [-0.1, -0.05) is 55.1 Å². The fraction of sp³-hybridized carbons (Fsp3) is 0.292. The highest BCUT2D eigenvalue weighted by Crippen LogP contribution is 2.42. The van der Waals surface area contributed by atoms with Gasteiger partial charge in [0.25, 0.3) is 0 Å². The van der Waals surface area contributed by atoms with Crippen LogP contribution in [0.3, 0.4) is 0 Å². The fourth-order valence-electron chi connectivity index (χ4n) is 3.34. The van der Waals surface area contributed by atoms with Crippen molar-refractivity contribution in [3.8, 4) is 5.75 Å². The van der Waals surface area contributed by atoms with Crippen molar-refractivity contribution in [2.24, 2.45) is 0 Å². The first-order chi connectivity index (χ1) is 12.9. The van der Waals surface area contributed by atoms with Gasteiger partial charge in [-0.05, 0) is 50.0 Å². The molecule has 0 N–H and O–H groups in total. The molecule has 3 rings (SSSR count). The van der Waals surface area contributed by atoms with Crippen molar-refractivity contribution >= 4 is 11.5 Å². The zero-order chi connectivity index (χ0) is 19.4. The van der Waals surface area contributed by atoms with E-state index in [0.29, 0.717) is 5.75 Å². The molecule has 2 aromatic carbocycles. The Morgan fingerprint density at radius 2 is 1.85 bits per heavy atom. The number of esters is 1. The zero-order valence-electron chi connectivity index (χ0n) is 16.2. The normalized spacial score (nSPS) is 14.6. The molecular formula is C24H26O3. The molecule has 1 aliphatic carbocycles. The van der Waals surface area contributed by atoms with Crippen LogP contribution in [0.5, 0.6) is 5.75 Å². The molecule has 0 saturated carbocycles. The lowest BCUT2D eigenvalue weighted by molar-refractivity contribution is -0.144. The van der Waals surface area contributed by atoms with E-state index in [-0.39, 0.29) is 5.97 Å². The molecule has 0 fully saturated rings. The highest BCUT2D eigenvalue weighted by molar-refractivity contribution is 5.78. The molecule has 140 valence electrons. The summed E-state index contributed by atoms with van der Waals surface area (Å²) in [6, 6.07) is 16.0. The average molecular weight is 362 g/mol. The molecule has 1 unspecified atom stereocenters. The minimum Gasteiger partial charge on any atom is -0.483 e. The Kier molecular flexibility index (Phi) is 5.50. The van der Waals surface area contributed by atoms with Gasteiger partial charge in [0, 0.05) is 18.1 Å². The number of benzene rings is 2. The molecule has 0 bridgehead atoms. The van der Waals surface area contributed by atoms with E-state index in [4.69, 9.17) is 9.47 Å². The molecule has 2 aromatic rings. The number of ether oxygens (including phenoxy) is 2. The van der Waals surface area contributed by atoms with Gasteiger partial charge in [0.15, 0.2) is 6.10 Å². The number of hydrogen-bond acceptors (Lipinski definition) is 3. The number of para-hydroxylation sites is 1. The highest BCUT2D eigenvalue weighted by Gasteiger charge is 2.28. The molecule has 27 heavy (non-hydrogen) atoms. The lowest BCUT2D eigenvalue weighted by atomic mass is 9.85. The Morgan fingerprint density at radius 1 is 1.15 bits per heavy atom. The number of carbonyl (C=O) groups is 1. The molecule has 1 aliphatic rings. The van der Waals surface area contributed by atoms with E-state index in [1.54, 1.807) is 6.08 Å². The van der Waals surface area contributed by atoms with Gasteiger partial charge >= 0.3 is 5.97 Å². The highest BCUT2D eigenvalue weighted by atomic mass is 16.5. The van der Waals surface area contributed by atoms with Gasteiger partial charge in [-0.3, -0.25) is 4.79 Å². The van der Waals surface area contributed by atoms with Crippen LogP contribution in [0.15, 0.2) is 67.3 Å². The monoisotopic (exact) mass is 362 g/mol. The summed E-state index contributed by atoms with van der Waals surface area (Å²) in [7, 11) is 0. The third-order valence-electron chi connectivity index (χ3n) is 4.74. The molecule has 0 radical (unpaired) electrons. The first kappa shape index (κ1) is 19.0. The van der Waals surface area contributed by atoms with Gasteiger partial charge in [0.05, 0.1) is 0 Å². The van der Waals surface area contributed by atoms with E-state index in [1.807, 2.05) is 50.2 Å². The molecule has 0 heterocycles. The number of fused-ring (bicyclic) bond motifs is 1. The molecule has 3 heteroatoms. The van der Waals surface area contributed by atoms with E-state index in [9.17, 15) is 4.79 Å². The minimum absolute atomic E-state index is 0.318. The van der Waals surface area contributed by atoms with Crippen molar-refractivity contribution in [3.05, 3.63) is 84.0 Å². The minimum atomic E-state index is -0.532. The smallest absolute Gasteiger partial charge is 0.303 e. The molecule has 1 atom stereocenters. The third-order valence-corrected chi connectivity index (χ3v) is 4.74. The molecular weight excluding hydrogens is 336 g/mol. The molecule has 3 nitrogen and oxygen atoms in total. The maximum absolute atomic E-state index is 11.9. The number of hydrogen-bond donors (Lipinski definition) is 0. The van der Waals surface area contributed by atoms with Crippen LogP contribution in [-0.4, -0.2) is 11.6 Å². The second-order valence-corrected chi connectivity index (χ2v) is 7.29. The predicted molar refractivity (Wildman–Crippen MR) is 109 cm³/mol. The van der Waals surface area contributed by atoms with Gasteiger partial charge in [0.1, 0.15) is 11.4 Å². The van der Waals surface area contributed by atoms with Crippen LogP contribution >= 0.6 is 0 Å². The number of aryl methyl sites for hydroxylation is 1. The lowest BCUT2D eigenvalue weighted by Crippen LogP contribution is -2.26. The maximum atomic E-state index is 11.9. The van der Waals surface area contributed by atoms with Crippen molar-refractivity contribution in [3.63, 3.8) is 0 Å². The average Bonchev–Trinajstić information content (AvgIpc) is 2.66. The second kappa shape index (κ2) is 7.83. The lowest BCUT2D eigenvalue weighted by Gasteiger charge is -2.29. The van der Waals surface area contributed by atoms with Gasteiger partial charge in [0.2, 0.25) is 0 Å². The van der Waals surface area contributed by atoms with Gasteiger partial charge in [-0.2, -0.15) is 0 Å². The second-order valence-electron chi connectivity index (χ2n) is 7.29. The molecule has 0 aliphatic heterocycles. The summed E-state index contributed by atoms with van der Waals surface area (Å²) in [6.45, 7) is 9.20. The summed E-state index contributed by atoms with van der Waals surface area (Å²) >= 11 is 0. The summed E-state index contributed by atoms with van der Waals surface area (Å²) in [6.07, 6.45) is 5.34. The molecule has 0 spiro atoms. The van der Waals surface area contributed by atoms with E-state index >= 15 is 0 Å². The SMILES string of the molecule is C=CC(C)(C)Oc1ccccc1C(OC(C)=O)C1=CCCc2ccccc21. The number of allylic oxidation sites excluding steroid dienone is 1. The maximum Gasteiger partial charge on any atom is 0.303 e. The van der Waals surface area contributed by atoms with Crippen molar-refractivity contribution in [2.75, 3.05) is 0 Å². The fourth-order valence-corrected chi connectivity index (χ4v) is 3.34. The first-order valence-electron chi connectivity index (χ1n) is 9.28. The molecule has 0 saturated heterocycles. The Hall–Kier alpha value is -2.81. The largest absolute Gasteiger partial charge is 0.483 e. The van der Waals surface area contributed by atoms with Crippen LogP contribution in [-0.2, 0) is 16.0 Å². The van der Waals surface area contributed by atoms with Crippen LogP contribution in [0.25, 0.3) is 5.57 Å². The van der Waals surface area contributed by atoms with E-state index in [1.165, 1.54) is 12.5 Å². The molecule has 0 aromatic heterocycles. The quantitative estimate of drug-likeness (QED) is 0.491. The van der Waals surface area contributed by atoms with E-state index < -0.39 is 11.7 Å². The van der Waals surface area contributed by atoms with E-state index in [0.717, 1.165) is 29.5 Å². The van der Waals surface area contributed by atoms with Crippen molar-refractivity contribution < 1.29 is 14.3 Å². The van der Waals surface area contributed by atoms with Crippen LogP contribution < -0.4 is 4.74 Å².